The van der Waals surface area contributed by atoms with E-state index in [2.05, 4.69) is 124 Å². The van der Waals surface area contributed by atoms with E-state index in [1.165, 1.54) is 60.3 Å². The maximum Gasteiger partial charge on any atom is 0.0406 e. The molecule has 0 aliphatic rings. The van der Waals surface area contributed by atoms with E-state index < -0.39 is 0 Å². The Morgan fingerprint density at radius 3 is 1.73 bits per heavy atom. The molecule has 6 aromatic rings. The van der Waals surface area contributed by atoms with Gasteiger partial charge in [0.15, 0.2) is 0 Å². The molecule has 0 atom stereocenters. The van der Waals surface area contributed by atoms with E-state index in [-0.39, 0.29) is 0 Å². The van der Waals surface area contributed by atoms with Gasteiger partial charge in [-0.1, -0.05) is 96.1 Å². The van der Waals surface area contributed by atoms with Gasteiger partial charge in [-0.05, 0) is 93.7 Å². The van der Waals surface area contributed by atoms with Crippen LogP contribution in [0.4, 0.5) is 0 Å². The lowest BCUT2D eigenvalue weighted by atomic mass is 9.87. The quantitative estimate of drug-likeness (QED) is 0.245. The van der Waals surface area contributed by atoms with Crippen molar-refractivity contribution in [2.75, 3.05) is 0 Å². The minimum Gasteiger partial charge on any atom is -0.0663 e. The zero-order valence-corrected chi connectivity index (χ0v) is 19.2. The summed E-state index contributed by atoms with van der Waals surface area (Å²) in [5.41, 5.74) is 8.65. The Balaban J connectivity index is 1.81. The smallest absolute Gasteiger partial charge is 0.0406 e. The van der Waals surface area contributed by atoms with Crippen LogP contribution < -0.4 is 0 Å². The topological polar surface area (TPSA) is 0 Å². The molecule has 0 saturated carbocycles. The summed E-state index contributed by atoms with van der Waals surface area (Å²) < 4.78 is 0. The molecule has 33 heavy (non-hydrogen) atoms. The Bertz CT molecular complexity index is 1680. The summed E-state index contributed by atoms with van der Waals surface area (Å²) in [6.45, 7) is 6.40. The molecule has 6 rings (SSSR count). The Labute approximate surface area is 195 Å². The fraction of sp³-hybridized carbons (Fsp3) is 0.0909. The highest BCUT2D eigenvalue weighted by Gasteiger charge is 2.14. The average Bonchev–Trinajstić information content (AvgIpc) is 2.82. The second-order valence-electron chi connectivity index (χ2n) is 9.09. The zero-order chi connectivity index (χ0) is 22.5. The summed E-state index contributed by atoms with van der Waals surface area (Å²) in [5, 5.41) is 7.41. The standard InChI is InChI=1S/C33H24/c1-21-8-6-10-24(16-21)29-19-33-28-15-14-23(3)18-31(28)30(25-11-7-9-22(2)17-25)20-32(33)27-13-5-4-12-26(27)29/h4-13,16-20H,1-3H3. The van der Waals surface area contributed by atoms with Crippen LogP contribution in [0.15, 0.2) is 91.0 Å². The Hall–Kier alpha value is -4.08. The van der Waals surface area contributed by atoms with Crippen LogP contribution in [-0.4, -0.2) is 0 Å². The molecule has 0 N–H and O–H groups in total. The van der Waals surface area contributed by atoms with Crippen LogP contribution in [0.1, 0.15) is 16.7 Å². The molecule has 0 aliphatic carbocycles. The summed E-state index contributed by atoms with van der Waals surface area (Å²) in [6.07, 6.45) is 0. The molecular formula is C33H24. The molecule has 0 unspecified atom stereocenters. The second kappa shape index (κ2) is 7.51. The first-order chi connectivity index (χ1) is 16.1. The molecule has 0 saturated heterocycles. The molecule has 0 heterocycles. The lowest BCUT2D eigenvalue weighted by Crippen LogP contribution is -1.89. The number of hydrogen-bond acceptors (Lipinski definition) is 0. The number of rotatable bonds is 2. The van der Waals surface area contributed by atoms with Gasteiger partial charge in [-0.2, -0.15) is 0 Å². The highest BCUT2D eigenvalue weighted by atomic mass is 14.2. The van der Waals surface area contributed by atoms with Crippen molar-refractivity contribution in [3.05, 3.63) is 120 Å². The van der Waals surface area contributed by atoms with Crippen molar-refractivity contribution < 1.29 is 0 Å². The highest BCUT2D eigenvalue weighted by Crippen LogP contribution is 2.41. The van der Waals surface area contributed by atoms with E-state index in [0.717, 1.165) is 10.9 Å². The van der Waals surface area contributed by atoms with Gasteiger partial charge in [0.25, 0.3) is 0 Å². The molecule has 0 fully saturated rings. The van der Waals surface area contributed by atoms with E-state index in [1.807, 2.05) is 0 Å². The normalized spacial score (nSPS) is 11.2. The summed E-state index contributed by atoms with van der Waals surface area (Å²) in [4.78, 5) is 0. The van der Waals surface area contributed by atoms with Crippen molar-refractivity contribution in [3.63, 3.8) is 0 Å². The summed E-state index contributed by atoms with van der Waals surface area (Å²) in [7, 11) is 0. The fourth-order valence-corrected chi connectivity index (χ4v) is 5.06. The van der Waals surface area contributed by atoms with Gasteiger partial charge in [0.2, 0.25) is 0 Å². The zero-order valence-electron chi connectivity index (χ0n) is 19.2. The molecule has 0 aromatic heterocycles. The van der Waals surface area contributed by atoms with Crippen LogP contribution in [-0.2, 0) is 0 Å². The summed E-state index contributed by atoms with van der Waals surface area (Å²) >= 11 is 0. The van der Waals surface area contributed by atoms with E-state index in [0.29, 0.717) is 0 Å². The van der Waals surface area contributed by atoms with Gasteiger partial charge in [0.1, 0.15) is 0 Å². The molecular weight excluding hydrogens is 396 g/mol. The molecule has 0 bridgehead atoms. The van der Waals surface area contributed by atoms with Gasteiger partial charge in [0.05, 0.1) is 0 Å². The summed E-state index contributed by atoms with van der Waals surface area (Å²) in [6, 6.07) is 40.2. The predicted octanol–water partition coefficient (Wildman–Crippen LogP) is 9.01. The van der Waals surface area contributed by atoms with E-state index in [4.69, 9.17) is 0 Å². The van der Waals surface area contributed by atoms with Crippen LogP contribution in [0, 0.1) is 32.9 Å². The maximum atomic E-state index is 3.52. The molecule has 0 nitrogen and oxygen atoms in total. The van der Waals surface area contributed by atoms with Crippen LogP contribution in [0.25, 0.3) is 54.6 Å². The maximum absolute atomic E-state index is 3.52. The predicted molar refractivity (Wildman–Crippen MR) is 142 cm³/mol. The lowest BCUT2D eigenvalue weighted by molar-refractivity contribution is 1.47. The van der Waals surface area contributed by atoms with Crippen molar-refractivity contribution in [1.29, 1.82) is 0 Å². The number of benzene rings is 5. The molecule has 0 aliphatic heterocycles. The van der Waals surface area contributed by atoms with Crippen molar-refractivity contribution in [1.82, 2.24) is 0 Å². The second-order valence-corrected chi connectivity index (χ2v) is 9.09. The van der Waals surface area contributed by atoms with Crippen molar-refractivity contribution in [2.45, 2.75) is 20.8 Å². The third kappa shape index (κ3) is 3.25. The van der Waals surface area contributed by atoms with Gasteiger partial charge in [-0.3, -0.25) is 0 Å². The molecule has 156 valence electrons. The minimum atomic E-state index is 1.11. The Morgan fingerprint density at radius 1 is 0.455 bits per heavy atom. The molecule has 6 aromatic carbocycles. The molecule has 0 heteroatoms. The molecule has 0 amide bonds. The summed E-state index contributed by atoms with van der Waals surface area (Å²) in [5.74, 6) is 0. The Morgan fingerprint density at radius 2 is 1.06 bits per heavy atom. The first-order valence-corrected chi connectivity index (χ1v) is 11.5. The van der Waals surface area contributed by atoms with E-state index in [1.54, 1.807) is 0 Å². The first kappa shape index (κ1) is 19.6. The fourth-order valence-electron chi connectivity index (χ4n) is 5.06. The third-order valence-electron chi connectivity index (χ3n) is 6.61. The largest absolute Gasteiger partial charge is 0.0663 e. The monoisotopic (exact) mass is 420 g/mol. The van der Waals surface area contributed by atoms with Crippen molar-refractivity contribution in [3.8, 4) is 22.3 Å². The van der Waals surface area contributed by atoms with Gasteiger partial charge in [-0.15, -0.1) is 0 Å². The van der Waals surface area contributed by atoms with Gasteiger partial charge < -0.3 is 0 Å². The van der Waals surface area contributed by atoms with E-state index >= 15 is 0 Å². The third-order valence-corrected chi connectivity index (χ3v) is 6.61. The highest BCUT2D eigenvalue weighted by molar-refractivity contribution is 6.23. The minimum absolute atomic E-state index is 1.11. The molecule has 0 radical (unpaired) electrons. The Kier molecular flexibility index (Phi) is 4.46. The van der Waals surface area contributed by atoms with Crippen molar-refractivity contribution >= 4 is 32.3 Å². The van der Waals surface area contributed by atoms with Crippen molar-refractivity contribution in [2.24, 2.45) is 0 Å². The van der Waals surface area contributed by atoms with Gasteiger partial charge >= 0.3 is 0 Å². The van der Waals surface area contributed by atoms with Gasteiger partial charge in [-0.25, -0.2) is 0 Å². The first-order valence-electron chi connectivity index (χ1n) is 11.5. The number of fused-ring (bicyclic) bond motifs is 5. The van der Waals surface area contributed by atoms with Crippen LogP contribution in [0.2, 0.25) is 0 Å². The number of hydrogen-bond donors (Lipinski definition) is 0. The van der Waals surface area contributed by atoms with Crippen LogP contribution in [0.3, 0.4) is 0 Å². The van der Waals surface area contributed by atoms with Crippen LogP contribution >= 0.6 is 0 Å². The number of aryl methyl sites for hydroxylation is 3. The molecule has 0 spiro atoms. The van der Waals surface area contributed by atoms with Crippen LogP contribution in [0.5, 0.6) is 0 Å². The van der Waals surface area contributed by atoms with E-state index in [9.17, 15) is 0 Å². The average molecular weight is 421 g/mol. The lowest BCUT2D eigenvalue weighted by Gasteiger charge is -2.16. The van der Waals surface area contributed by atoms with Gasteiger partial charge in [0, 0.05) is 5.39 Å². The SMILES string of the molecule is Cc1c#cc2c(c1)c(-c1cccc(C)c1)cc1c3ccccc3c(-c3cccc(C)c3)cc21.